The SMILES string of the molecule is CN=CC(=O)/C(O)=C/c1nccn1CC[C@H](c1ccc(F)cc1)c1cccc(F)c1. The van der Waals surface area contributed by atoms with Crippen molar-refractivity contribution in [2.24, 2.45) is 4.99 Å². The molecule has 1 N–H and O–H groups in total. The number of Topliss-reactive ketones (excluding diaryl/α,β-unsaturated/α-hetero) is 1. The molecule has 0 saturated carbocycles. The highest BCUT2D eigenvalue weighted by Crippen LogP contribution is 2.29. The third-order valence-corrected chi connectivity index (χ3v) is 4.69. The van der Waals surface area contributed by atoms with E-state index in [-0.39, 0.29) is 17.6 Å². The normalized spacial score (nSPS) is 13.0. The number of rotatable bonds is 8. The summed E-state index contributed by atoms with van der Waals surface area (Å²) >= 11 is 0. The fourth-order valence-electron chi connectivity index (χ4n) is 3.24. The van der Waals surface area contributed by atoms with Gasteiger partial charge in [-0.2, -0.15) is 0 Å². The number of hydrogen-bond donors (Lipinski definition) is 1. The van der Waals surface area contributed by atoms with Crippen molar-refractivity contribution < 1.29 is 18.7 Å². The Morgan fingerprint density at radius 2 is 1.93 bits per heavy atom. The number of aliphatic hydroxyl groups is 1. The second-order valence-electron chi connectivity index (χ2n) is 6.71. The number of carbonyl (C=O) groups is 1. The van der Waals surface area contributed by atoms with Crippen molar-refractivity contribution in [3.8, 4) is 0 Å². The summed E-state index contributed by atoms with van der Waals surface area (Å²) in [5, 5.41) is 9.92. The van der Waals surface area contributed by atoms with Crippen LogP contribution in [0, 0.1) is 11.6 Å². The van der Waals surface area contributed by atoms with E-state index in [4.69, 9.17) is 0 Å². The average molecular weight is 409 g/mol. The number of carbonyl (C=O) groups excluding carboxylic acids is 1. The number of benzene rings is 2. The lowest BCUT2D eigenvalue weighted by Gasteiger charge is -2.19. The molecule has 5 nitrogen and oxygen atoms in total. The Morgan fingerprint density at radius 3 is 2.63 bits per heavy atom. The summed E-state index contributed by atoms with van der Waals surface area (Å²) in [5.41, 5.74) is 1.63. The first-order valence-corrected chi connectivity index (χ1v) is 9.37. The number of aliphatic hydroxyl groups excluding tert-OH is 1. The summed E-state index contributed by atoms with van der Waals surface area (Å²) in [6.45, 7) is 0.480. The predicted molar refractivity (Wildman–Crippen MR) is 112 cm³/mol. The standard InChI is InChI=1S/C23H21F2N3O2/c1-26-15-22(30)21(29)14-23-27-10-12-28(23)11-9-20(16-5-7-18(24)8-6-16)17-3-2-4-19(25)13-17/h2-8,10,12-15,20,29H,9,11H2,1H3/b21-14-,26-15?/t20-/m1/s1. The van der Waals surface area contributed by atoms with Crippen LogP contribution < -0.4 is 0 Å². The molecule has 0 amide bonds. The molecule has 1 heterocycles. The van der Waals surface area contributed by atoms with E-state index in [9.17, 15) is 18.7 Å². The summed E-state index contributed by atoms with van der Waals surface area (Å²) in [6.07, 6.45) is 6.15. The van der Waals surface area contributed by atoms with E-state index in [0.717, 1.165) is 17.3 Å². The molecule has 0 aliphatic carbocycles. The maximum atomic E-state index is 13.8. The lowest BCUT2D eigenvalue weighted by Crippen LogP contribution is -2.09. The molecule has 3 aromatic rings. The molecule has 0 radical (unpaired) electrons. The van der Waals surface area contributed by atoms with E-state index < -0.39 is 11.5 Å². The number of hydrogen-bond acceptors (Lipinski definition) is 4. The van der Waals surface area contributed by atoms with Crippen LogP contribution in [0.15, 0.2) is 71.7 Å². The number of aliphatic imine (C=N–C) groups is 1. The second kappa shape index (κ2) is 9.73. The monoisotopic (exact) mass is 409 g/mol. The summed E-state index contributed by atoms with van der Waals surface area (Å²) in [6, 6.07) is 12.5. The minimum Gasteiger partial charge on any atom is -0.504 e. The zero-order chi connectivity index (χ0) is 21.5. The van der Waals surface area contributed by atoms with Gasteiger partial charge in [-0.05, 0) is 41.8 Å². The molecule has 0 unspecified atom stereocenters. The van der Waals surface area contributed by atoms with Crippen molar-refractivity contribution in [3.05, 3.63) is 95.3 Å². The summed E-state index contributed by atoms with van der Waals surface area (Å²) in [7, 11) is 1.44. The highest BCUT2D eigenvalue weighted by atomic mass is 19.1. The third-order valence-electron chi connectivity index (χ3n) is 4.69. The Hall–Kier alpha value is -3.61. The molecule has 0 fully saturated rings. The maximum Gasteiger partial charge on any atom is 0.237 e. The fraction of sp³-hybridized carbons (Fsp3) is 0.174. The Kier molecular flexibility index (Phi) is 6.85. The molecule has 2 aromatic carbocycles. The first kappa shape index (κ1) is 21.1. The Balaban J connectivity index is 1.85. The van der Waals surface area contributed by atoms with E-state index in [2.05, 4.69) is 9.98 Å². The molecular weight excluding hydrogens is 388 g/mol. The number of halogens is 2. The van der Waals surface area contributed by atoms with Crippen LogP contribution in [-0.4, -0.2) is 33.7 Å². The van der Waals surface area contributed by atoms with E-state index >= 15 is 0 Å². The van der Waals surface area contributed by atoms with Gasteiger partial charge in [-0.25, -0.2) is 13.8 Å². The van der Waals surface area contributed by atoms with Crippen molar-refractivity contribution in [2.45, 2.75) is 18.9 Å². The van der Waals surface area contributed by atoms with Gasteiger partial charge in [0.1, 0.15) is 17.5 Å². The van der Waals surface area contributed by atoms with Gasteiger partial charge in [-0.1, -0.05) is 24.3 Å². The van der Waals surface area contributed by atoms with Gasteiger partial charge >= 0.3 is 0 Å². The van der Waals surface area contributed by atoms with Crippen LogP contribution >= 0.6 is 0 Å². The van der Waals surface area contributed by atoms with Crippen molar-refractivity contribution in [3.63, 3.8) is 0 Å². The third kappa shape index (κ3) is 5.26. The fourth-order valence-corrected chi connectivity index (χ4v) is 3.24. The van der Waals surface area contributed by atoms with Crippen LogP contribution in [0.3, 0.4) is 0 Å². The zero-order valence-electron chi connectivity index (χ0n) is 16.4. The van der Waals surface area contributed by atoms with Crippen molar-refractivity contribution in [2.75, 3.05) is 7.05 Å². The average Bonchev–Trinajstić information content (AvgIpc) is 3.16. The van der Waals surface area contributed by atoms with Gasteiger partial charge in [0.2, 0.25) is 5.78 Å². The summed E-state index contributed by atoms with van der Waals surface area (Å²) in [4.78, 5) is 19.5. The molecule has 154 valence electrons. The highest BCUT2D eigenvalue weighted by Gasteiger charge is 2.16. The van der Waals surface area contributed by atoms with Crippen LogP contribution in [0.2, 0.25) is 0 Å². The molecule has 1 atom stereocenters. The number of aryl methyl sites for hydroxylation is 1. The number of ketones is 1. The molecule has 0 aliphatic rings. The van der Waals surface area contributed by atoms with Crippen LogP contribution in [0.25, 0.3) is 6.08 Å². The number of aromatic nitrogens is 2. The van der Waals surface area contributed by atoms with Crippen LogP contribution in [0.1, 0.15) is 29.3 Å². The van der Waals surface area contributed by atoms with E-state index in [1.807, 2.05) is 6.07 Å². The highest BCUT2D eigenvalue weighted by molar-refractivity contribution is 6.35. The smallest absolute Gasteiger partial charge is 0.237 e. The lowest BCUT2D eigenvalue weighted by atomic mass is 9.88. The molecule has 30 heavy (non-hydrogen) atoms. The van der Waals surface area contributed by atoms with E-state index in [1.165, 1.54) is 37.4 Å². The maximum absolute atomic E-state index is 13.8. The van der Waals surface area contributed by atoms with Gasteiger partial charge in [-0.3, -0.25) is 9.79 Å². The van der Waals surface area contributed by atoms with Gasteiger partial charge < -0.3 is 9.67 Å². The van der Waals surface area contributed by atoms with Gasteiger partial charge in [0.25, 0.3) is 0 Å². The number of imidazole rings is 1. The van der Waals surface area contributed by atoms with Gasteiger partial charge in [0.15, 0.2) is 5.76 Å². The van der Waals surface area contributed by atoms with Crippen LogP contribution in [-0.2, 0) is 11.3 Å². The van der Waals surface area contributed by atoms with Crippen molar-refractivity contribution in [1.29, 1.82) is 0 Å². The largest absolute Gasteiger partial charge is 0.504 e. The van der Waals surface area contributed by atoms with Gasteiger partial charge in [0, 0.05) is 38.0 Å². The first-order chi connectivity index (χ1) is 14.5. The lowest BCUT2D eigenvalue weighted by molar-refractivity contribution is -0.111. The van der Waals surface area contributed by atoms with Gasteiger partial charge in [0.05, 0.1) is 6.21 Å². The second-order valence-corrected chi connectivity index (χ2v) is 6.71. The van der Waals surface area contributed by atoms with Crippen molar-refractivity contribution >= 4 is 18.1 Å². The van der Waals surface area contributed by atoms with Crippen molar-refractivity contribution in [1.82, 2.24) is 9.55 Å². The Morgan fingerprint density at radius 1 is 1.17 bits per heavy atom. The number of nitrogens with zero attached hydrogens (tertiary/aromatic N) is 3. The molecule has 0 spiro atoms. The summed E-state index contributed by atoms with van der Waals surface area (Å²) < 4.78 is 29.0. The minimum atomic E-state index is -0.615. The molecule has 0 bridgehead atoms. The zero-order valence-corrected chi connectivity index (χ0v) is 16.4. The molecule has 0 saturated heterocycles. The van der Waals surface area contributed by atoms with E-state index in [1.54, 1.807) is 35.2 Å². The van der Waals surface area contributed by atoms with Crippen LogP contribution in [0.4, 0.5) is 8.78 Å². The molecule has 1 aromatic heterocycles. The van der Waals surface area contributed by atoms with E-state index in [0.29, 0.717) is 18.8 Å². The topological polar surface area (TPSA) is 67.5 Å². The molecule has 0 aliphatic heterocycles. The van der Waals surface area contributed by atoms with Crippen LogP contribution in [0.5, 0.6) is 0 Å². The van der Waals surface area contributed by atoms with Gasteiger partial charge in [-0.15, -0.1) is 0 Å². The Bertz CT molecular complexity index is 1070. The first-order valence-electron chi connectivity index (χ1n) is 9.37. The molecule has 3 rings (SSSR count). The summed E-state index contributed by atoms with van der Waals surface area (Å²) in [5.74, 6) is -1.53. The quantitative estimate of drug-likeness (QED) is 0.337. The number of allylic oxidation sites excluding steroid dienone is 1. The predicted octanol–water partition coefficient (Wildman–Crippen LogP) is 4.55. The molecule has 7 heteroatoms. The minimum absolute atomic E-state index is 0.178. The Labute approximate surface area is 173 Å². The molecular formula is C23H21F2N3O2.